The Morgan fingerprint density at radius 3 is 2.33 bits per heavy atom. The van der Waals surface area contributed by atoms with Crippen molar-refractivity contribution in [2.24, 2.45) is 5.92 Å². The molecular weight excluding hydrogens is 912 g/mol. The van der Waals surface area contributed by atoms with Crippen molar-refractivity contribution in [1.82, 2.24) is 41.5 Å². The standard InChI is InChI=1S/C49H55FN8O12/c1-5-49(68)31-16-36-45-29(21-58(36)47(66)30(31)22-70-48(49)67)44-33(12-11-28-26(4)32(50)17-34(57-45)43(28)44)55-42(64)23-69-24-54-40(62)19-53-46(65)35(15-27-9-7-6-8-10-27)56-41(63)20-52-39(61)18-51-38(60)14-13-37(59)25(2)3/h6-10,16-17,25,33,35,68H,5,11-15,18-24H2,1-4H3,(H,51,60)(H,52,61)(H,53,65)(H,54,62)(H,55,64)(H,56,63)/t33-,35-,49-/m0/s1. The van der Waals surface area contributed by atoms with E-state index in [9.17, 15) is 48.3 Å². The average molecular weight is 967 g/mol. The van der Waals surface area contributed by atoms with Crippen LogP contribution in [-0.4, -0.2) is 101 Å². The first-order chi connectivity index (χ1) is 33.4. The van der Waals surface area contributed by atoms with E-state index in [4.69, 9.17) is 14.5 Å². The normalized spacial score (nSPS) is 16.8. The number of amides is 6. The van der Waals surface area contributed by atoms with E-state index in [1.165, 1.54) is 10.6 Å². The molecule has 0 unspecified atom stereocenters. The summed E-state index contributed by atoms with van der Waals surface area (Å²) in [4.78, 5) is 120. The van der Waals surface area contributed by atoms with E-state index in [1.807, 2.05) is 0 Å². The third kappa shape index (κ3) is 10.9. The summed E-state index contributed by atoms with van der Waals surface area (Å²) in [5.41, 5.74) is 1.88. The van der Waals surface area contributed by atoms with Crippen molar-refractivity contribution in [2.75, 3.05) is 33.0 Å². The van der Waals surface area contributed by atoms with Gasteiger partial charge in [-0.15, -0.1) is 0 Å². The number of halogens is 1. The van der Waals surface area contributed by atoms with Crippen LogP contribution in [0.1, 0.15) is 91.4 Å². The number of esters is 1. The molecule has 70 heavy (non-hydrogen) atoms. The summed E-state index contributed by atoms with van der Waals surface area (Å²) in [6.45, 7) is 4.09. The minimum absolute atomic E-state index is 0.0395. The number of aryl methyl sites for hydroxylation is 1. The molecule has 1 aliphatic carbocycles. The van der Waals surface area contributed by atoms with Crippen molar-refractivity contribution >= 4 is 58.1 Å². The Bertz CT molecular complexity index is 2850. The molecule has 21 heteroatoms. The van der Waals surface area contributed by atoms with Crippen LogP contribution in [0.5, 0.6) is 0 Å². The average Bonchev–Trinajstić information content (AvgIpc) is 3.71. The van der Waals surface area contributed by atoms with E-state index in [0.717, 1.165) is 5.56 Å². The van der Waals surface area contributed by atoms with Gasteiger partial charge >= 0.3 is 5.97 Å². The summed E-state index contributed by atoms with van der Waals surface area (Å²) < 4.78 is 27.5. The fourth-order valence-electron chi connectivity index (χ4n) is 8.90. The zero-order valence-corrected chi connectivity index (χ0v) is 39.2. The number of pyridine rings is 2. The Kier molecular flexibility index (Phi) is 15.5. The highest BCUT2D eigenvalue weighted by Crippen LogP contribution is 2.46. The van der Waals surface area contributed by atoms with Gasteiger partial charge in [-0.3, -0.25) is 38.4 Å². The first kappa shape index (κ1) is 50.5. The molecule has 2 aromatic carbocycles. The van der Waals surface area contributed by atoms with Gasteiger partial charge in [-0.2, -0.15) is 0 Å². The summed E-state index contributed by atoms with van der Waals surface area (Å²) >= 11 is 0. The topological polar surface area (TPSA) is 282 Å². The van der Waals surface area contributed by atoms with Crippen LogP contribution < -0.4 is 37.5 Å². The van der Waals surface area contributed by atoms with Gasteiger partial charge in [-0.05, 0) is 54.5 Å². The van der Waals surface area contributed by atoms with Crippen molar-refractivity contribution in [3.8, 4) is 11.4 Å². The zero-order chi connectivity index (χ0) is 50.4. The number of fused-ring (bicyclic) bond motifs is 5. The fraction of sp³-hybridized carbons (Fsp3) is 0.429. The molecule has 0 radical (unpaired) electrons. The molecule has 0 bridgehead atoms. The number of benzene rings is 2. The number of rotatable bonds is 20. The Balaban J connectivity index is 0.929. The van der Waals surface area contributed by atoms with Crippen LogP contribution in [0.2, 0.25) is 0 Å². The van der Waals surface area contributed by atoms with Crippen LogP contribution in [0.3, 0.4) is 0 Å². The monoisotopic (exact) mass is 966 g/mol. The zero-order valence-electron chi connectivity index (χ0n) is 39.2. The molecule has 0 fully saturated rings. The van der Waals surface area contributed by atoms with Gasteiger partial charge in [0.05, 0.1) is 54.7 Å². The second-order valence-electron chi connectivity index (χ2n) is 17.8. The smallest absolute Gasteiger partial charge is 0.343 e. The third-order valence-corrected chi connectivity index (χ3v) is 12.8. The van der Waals surface area contributed by atoms with E-state index in [1.54, 1.807) is 64.1 Å². The van der Waals surface area contributed by atoms with Gasteiger partial charge in [0.25, 0.3) is 5.56 Å². The van der Waals surface area contributed by atoms with Crippen molar-refractivity contribution in [2.45, 2.75) is 97.1 Å². The maximum absolute atomic E-state index is 15.3. The van der Waals surface area contributed by atoms with Gasteiger partial charge in [0.1, 0.15) is 37.6 Å². The van der Waals surface area contributed by atoms with Crippen LogP contribution in [0.15, 0.2) is 47.3 Å². The summed E-state index contributed by atoms with van der Waals surface area (Å²) in [5.74, 6) is -5.43. The third-order valence-electron chi connectivity index (χ3n) is 12.8. The van der Waals surface area contributed by atoms with Crippen molar-refractivity contribution in [3.63, 3.8) is 0 Å². The molecule has 6 amide bonds. The van der Waals surface area contributed by atoms with E-state index in [2.05, 4.69) is 31.9 Å². The number of aromatic nitrogens is 2. The highest BCUT2D eigenvalue weighted by atomic mass is 19.1. The molecule has 3 atom stereocenters. The number of ketones is 1. The Hall–Kier alpha value is -7.39. The molecule has 4 aromatic rings. The summed E-state index contributed by atoms with van der Waals surface area (Å²) in [5, 5.41) is 27.2. The molecule has 370 valence electrons. The number of Topliss-reactive ketones (excluding diaryl/α,β-unsaturated/α-hetero) is 1. The lowest BCUT2D eigenvalue weighted by atomic mass is 9.81. The molecule has 2 aliphatic heterocycles. The number of nitrogens with zero attached hydrogens (tertiary/aromatic N) is 2. The van der Waals surface area contributed by atoms with Crippen molar-refractivity contribution in [3.05, 3.63) is 97.6 Å². The summed E-state index contributed by atoms with van der Waals surface area (Å²) in [6, 6.07) is 9.86. The highest BCUT2D eigenvalue weighted by Gasteiger charge is 2.46. The second-order valence-corrected chi connectivity index (χ2v) is 17.8. The van der Waals surface area contributed by atoms with E-state index in [0.29, 0.717) is 57.4 Å². The van der Waals surface area contributed by atoms with Gasteiger partial charge in [0.2, 0.25) is 35.4 Å². The van der Waals surface area contributed by atoms with Gasteiger partial charge in [0, 0.05) is 47.8 Å². The maximum Gasteiger partial charge on any atom is 0.343 e. The highest BCUT2D eigenvalue weighted by molar-refractivity contribution is 5.95. The molecular formula is C49H55FN8O12. The molecule has 0 saturated carbocycles. The Morgan fingerprint density at radius 1 is 0.900 bits per heavy atom. The number of cyclic esters (lactones) is 1. The van der Waals surface area contributed by atoms with Crippen molar-refractivity contribution in [1.29, 1.82) is 0 Å². The van der Waals surface area contributed by atoms with E-state index >= 15 is 4.39 Å². The largest absolute Gasteiger partial charge is 0.458 e. The molecule has 0 saturated heterocycles. The first-order valence-electron chi connectivity index (χ1n) is 23.0. The second kappa shape index (κ2) is 21.5. The SMILES string of the molecule is CC[C@@]1(O)C(=O)OCc2c1cc1n(c2=O)Cc2c-1nc1cc(F)c(C)c3c1c2[C@@H](NC(=O)COCNC(=O)CNC(=O)[C@H](Cc1ccccc1)NC(=O)CNC(=O)CNC(=O)CCC(=O)C(C)C)CC3. The minimum atomic E-state index is -2.05. The number of carbonyl (C=O) groups excluding carboxylic acids is 8. The minimum Gasteiger partial charge on any atom is -0.458 e. The maximum atomic E-state index is 15.3. The summed E-state index contributed by atoms with van der Waals surface area (Å²) in [7, 11) is 0. The van der Waals surface area contributed by atoms with Gasteiger partial charge < -0.3 is 51.0 Å². The lowest BCUT2D eigenvalue weighted by Crippen LogP contribution is -2.52. The van der Waals surface area contributed by atoms with Crippen LogP contribution >= 0.6 is 0 Å². The van der Waals surface area contributed by atoms with Gasteiger partial charge in [0.15, 0.2) is 5.60 Å². The van der Waals surface area contributed by atoms with Crippen LogP contribution in [0.4, 0.5) is 4.39 Å². The van der Waals surface area contributed by atoms with Crippen LogP contribution in [-0.2, 0) is 79.4 Å². The van der Waals surface area contributed by atoms with Gasteiger partial charge in [-0.25, -0.2) is 14.2 Å². The molecule has 2 aromatic heterocycles. The van der Waals surface area contributed by atoms with Crippen LogP contribution in [0, 0.1) is 18.7 Å². The number of aliphatic hydroxyl groups is 1. The predicted octanol–water partition coefficient (Wildman–Crippen LogP) is 0.802. The Morgan fingerprint density at radius 2 is 1.60 bits per heavy atom. The first-order valence-corrected chi connectivity index (χ1v) is 23.0. The van der Waals surface area contributed by atoms with E-state index in [-0.39, 0.29) is 61.7 Å². The molecule has 3 aliphatic rings. The molecule has 7 N–H and O–H groups in total. The molecule has 0 spiro atoms. The van der Waals surface area contributed by atoms with Gasteiger partial charge in [-0.1, -0.05) is 51.1 Å². The number of ether oxygens (including phenoxy) is 2. The Labute approximate surface area is 400 Å². The molecule has 7 rings (SSSR count). The number of hydrogen-bond acceptors (Lipinski definition) is 13. The molecule has 20 nitrogen and oxygen atoms in total. The number of hydrogen-bond donors (Lipinski definition) is 7. The lowest BCUT2D eigenvalue weighted by molar-refractivity contribution is -0.172. The fourth-order valence-corrected chi connectivity index (χ4v) is 8.90. The van der Waals surface area contributed by atoms with Crippen molar-refractivity contribution < 1.29 is 57.3 Å². The number of nitrogens with one attached hydrogen (secondary N) is 6. The number of carbonyl (C=O) groups is 8. The van der Waals surface area contributed by atoms with Crippen LogP contribution in [0.25, 0.3) is 22.3 Å². The van der Waals surface area contributed by atoms with E-state index < -0.39 is 103 Å². The predicted molar refractivity (Wildman–Crippen MR) is 248 cm³/mol. The molecule has 4 heterocycles. The quantitative estimate of drug-likeness (QED) is 0.0324. The summed E-state index contributed by atoms with van der Waals surface area (Å²) in [6.07, 6.45) is 0.735. The lowest BCUT2D eigenvalue weighted by Gasteiger charge is -2.31.